The van der Waals surface area contributed by atoms with Crippen LogP contribution in [0.25, 0.3) is 44.5 Å². The van der Waals surface area contributed by atoms with Crippen LogP contribution in [0, 0.1) is 23.3 Å². The molecule has 0 radical (unpaired) electrons. The fraction of sp³-hybridized carbons (Fsp3) is 0.235. The van der Waals surface area contributed by atoms with Crippen LogP contribution in [0.15, 0.2) is 194 Å². The lowest BCUT2D eigenvalue weighted by atomic mass is 9.75. The van der Waals surface area contributed by atoms with Crippen LogP contribution >= 0.6 is 0 Å². The predicted molar refractivity (Wildman–Crippen MR) is 308 cm³/mol. The van der Waals surface area contributed by atoms with Gasteiger partial charge >= 0.3 is 23.9 Å². The summed E-state index contributed by atoms with van der Waals surface area (Å²) in [6.45, 7) is 9.26. The molecule has 8 aromatic rings. The standard InChI is InChI=1S/C19H21FO2.C18H19FO2.C16H15FO2.C15H13FO2/c1-4-19(5-2,18(21)22-3)15-11-12-16(17(20)13-15)14-9-7-6-8-10-14;1-3-18(4-2,17(20)21)14-10-11-15(16(19)12-14)13-8-6-5-7-9-13;1-2-13(16(18)19)12-8-9-14(15(17)10-12)11-6-4-3-5-7-11;1-18-15(17)10-11-7-8-13(14(16)9-11)12-5-3-2-4-6-12/h6-13H,4-5H2,1-3H3;5-12H,3-4H2,1-2H3,(H,20,21);3-10,13H,2H2,1H3,(H,18,19);2-9H,10H2,1H3. The van der Waals surface area contributed by atoms with Crippen LogP contribution in [-0.4, -0.2) is 48.3 Å². The minimum absolute atomic E-state index is 0.0858. The largest absolute Gasteiger partial charge is 0.481 e. The molecule has 0 aromatic heterocycles. The summed E-state index contributed by atoms with van der Waals surface area (Å²) in [6, 6.07) is 56.4. The lowest BCUT2D eigenvalue weighted by Gasteiger charge is -2.29. The third-order valence-electron chi connectivity index (χ3n) is 14.5. The van der Waals surface area contributed by atoms with Crippen molar-refractivity contribution < 1.29 is 56.4 Å². The van der Waals surface area contributed by atoms with E-state index < -0.39 is 28.7 Å². The Balaban J connectivity index is 0.000000197. The van der Waals surface area contributed by atoms with Gasteiger partial charge in [-0.15, -0.1) is 0 Å². The van der Waals surface area contributed by atoms with E-state index in [1.807, 2.05) is 155 Å². The number of methoxy groups -OCH3 is 2. The molecular weight excluding hydrogens is 1020 g/mol. The number of benzene rings is 8. The van der Waals surface area contributed by atoms with E-state index in [-0.39, 0.29) is 41.6 Å². The predicted octanol–water partition coefficient (Wildman–Crippen LogP) is 16.6. The maximum atomic E-state index is 14.6. The van der Waals surface area contributed by atoms with Crippen molar-refractivity contribution >= 4 is 23.9 Å². The highest BCUT2D eigenvalue weighted by atomic mass is 19.1. The Kier molecular flexibility index (Phi) is 23.3. The van der Waals surface area contributed by atoms with Gasteiger partial charge in [0.15, 0.2) is 0 Å². The van der Waals surface area contributed by atoms with Crippen molar-refractivity contribution in [2.24, 2.45) is 0 Å². The Labute approximate surface area is 466 Å². The molecular formula is C68H68F4O8. The Morgan fingerprint density at radius 2 is 0.787 bits per heavy atom. The van der Waals surface area contributed by atoms with E-state index in [9.17, 15) is 41.8 Å². The van der Waals surface area contributed by atoms with Gasteiger partial charge in [0.2, 0.25) is 0 Å². The minimum atomic E-state index is -1.02. The third kappa shape index (κ3) is 15.3. The molecule has 1 unspecified atom stereocenters. The third-order valence-corrected chi connectivity index (χ3v) is 14.5. The molecule has 80 heavy (non-hydrogen) atoms. The molecule has 0 spiro atoms. The van der Waals surface area contributed by atoms with Gasteiger partial charge in [-0.05, 0) is 101 Å². The second-order valence-corrected chi connectivity index (χ2v) is 18.8. The van der Waals surface area contributed by atoms with E-state index in [4.69, 9.17) is 9.84 Å². The average molecular weight is 1090 g/mol. The lowest BCUT2D eigenvalue weighted by Crippen LogP contribution is -2.35. The van der Waals surface area contributed by atoms with Crippen LogP contribution in [0.1, 0.15) is 94.9 Å². The molecule has 12 heteroatoms. The van der Waals surface area contributed by atoms with Gasteiger partial charge in [-0.1, -0.05) is 204 Å². The van der Waals surface area contributed by atoms with Gasteiger partial charge in [-0.3, -0.25) is 19.2 Å². The summed E-state index contributed by atoms with van der Waals surface area (Å²) in [5, 5.41) is 18.6. The molecule has 1 atom stereocenters. The summed E-state index contributed by atoms with van der Waals surface area (Å²) in [7, 11) is 2.69. The normalized spacial score (nSPS) is 11.2. The van der Waals surface area contributed by atoms with Crippen LogP contribution in [0.4, 0.5) is 17.6 Å². The first-order valence-corrected chi connectivity index (χ1v) is 26.5. The number of rotatable bonds is 17. The summed E-state index contributed by atoms with van der Waals surface area (Å²) in [5.41, 5.74) is 5.77. The van der Waals surface area contributed by atoms with Gasteiger partial charge in [-0.2, -0.15) is 0 Å². The van der Waals surface area contributed by atoms with Crippen molar-refractivity contribution in [1.29, 1.82) is 0 Å². The number of halogens is 4. The van der Waals surface area contributed by atoms with Gasteiger partial charge in [0.05, 0.1) is 37.4 Å². The number of ether oxygens (including phenoxy) is 2. The Morgan fingerprint density at radius 1 is 0.438 bits per heavy atom. The highest BCUT2D eigenvalue weighted by Gasteiger charge is 2.39. The molecule has 8 rings (SSSR count). The molecule has 0 aliphatic rings. The number of hydrogen-bond donors (Lipinski definition) is 2. The van der Waals surface area contributed by atoms with Crippen LogP contribution in [-0.2, 0) is 45.9 Å². The number of aliphatic carboxylic acids is 2. The van der Waals surface area contributed by atoms with Crippen molar-refractivity contribution in [1.82, 2.24) is 0 Å². The summed E-state index contributed by atoms with van der Waals surface area (Å²) in [5.74, 6) is -4.59. The summed E-state index contributed by atoms with van der Waals surface area (Å²) in [4.78, 5) is 46.0. The van der Waals surface area contributed by atoms with Gasteiger partial charge in [0.25, 0.3) is 0 Å². The van der Waals surface area contributed by atoms with E-state index in [0.29, 0.717) is 76.6 Å². The molecule has 0 saturated heterocycles. The molecule has 0 heterocycles. The monoisotopic (exact) mass is 1090 g/mol. The number of carboxylic acids is 2. The zero-order valence-electron chi connectivity index (χ0n) is 46.2. The molecule has 0 aliphatic heterocycles. The highest BCUT2D eigenvalue weighted by Crippen LogP contribution is 2.37. The molecule has 2 N–H and O–H groups in total. The van der Waals surface area contributed by atoms with Crippen LogP contribution in [0.5, 0.6) is 0 Å². The molecule has 0 bridgehead atoms. The Morgan fingerprint density at radius 3 is 1.09 bits per heavy atom. The van der Waals surface area contributed by atoms with E-state index in [1.54, 1.807) is 49.4 Å². The lowest BCUT2D eigenvalue weighted by molar-refractivity contribution is -0.148. The Bertz CT molecular complexity index is 3290. The fourth-order valence-electron chi connectivity index (χ4n) is 9.59. The number of carbonyl (C=O) groups is 4. The Hall–Kier alpha value is -8.64. The van der Waals surface area contributed by atoms with Crippen molar-refractivity contribution in [2.45, 2.75) is 89.9 Å². The number of carbonyl (C=O) groups excluding carboxylic acids is 2. The first-order valence-electron chi connectivity index (χ1n) is 26.5. The molecule has 8 nitrogen and oxygen atoms in total. The smallest absolute Gasteiger partial charge is 0.316 e. The zero-order chi connectivity index (χ0) is 58.4. The average Bonchev–Trinajstić information content (AvgIpc) is 3.54. The summed E-state index contributed by atoms with van der Waals surface area (Å²) in [6.07, 6.45) is 2.54. The van der Waals surface area contributed by atoms with E-state index >= 15 is 0 Å². The van der Waals surface area contributed by atoms with E-state index in [2.05, 4.69) is 4.74 Å². The van der Waals surface area contributed by atoms with Crippen molar-refractivity contribution in [3.05, 3.63) is 240 Å². The summed E-state index contributed by atoms with van der Waals surface area (Å²) < 4.78 is 66.5. The summed E-state index contributed by atoms with van der Waals surface area (Å²) >= 11 is 0. The molecule has 0 aliphatic carbocycles. The molecule has 0 amide bonds. The van der Waals surface area contributed by atoms with Gasteiger partial charge in [0.1, 0.15) is 23.3 Å². The molecule has 416 valence electrons. The van der Waals surface area contributed by atoms with Crippen molar-refractivity contribution in [2.75, 3.05) is 14.2 Å². The maximum absolute atomic E-state index is 14.6. The fourth-order valence-corrected chi connectivity index (χ4v) is 9.59. The van der Waals surface area contributed by atoms with Gasteiger partial charge < -0.3 is 19.7 Å². The zero-order valence-corrected chi connectivity index (χ0v) is 46.2. The first-order chi connectivity index (χ1) is 38.5. The van der Waals surface area contributed by atoms with E-state index in [0.717, 1.165) is 22.3 Å². The van der Waals surface area contributed by atoms with Gasteiger partial charge in [-0.25, -0.2) is 17.6 Å². The highest BCUT2D eigenvalue weighted by molar-refractivity contribution is 5.84. The SMILES string of the molecule is CCC(C(=O)O)c1ccc(-c2ccccc2)c(F)c1.CCC(CC)(C(=O)O)c1ccc(-c2ccccc2)c(F)c1.CCC(CC)(C(=O)OC)c1ccc(-c2ccccc2)c(F)c1.COC(=O)Cc1ccc(-c2ccccc2)c(F)c1. The van der Waals surface area contributed by atoms with E-state index in [1.165, 1.54) is 38.5 Å². The second-order valence-electron chi connectivity index (χ2n) is 18.8. The molecule has 0 fully saturated rings. The molecule has 0 saturated carbocycles. The molecule has 8 aromatic carbocycles. The number of carboxylic acid groups (broad SMARTS) is 2. The second kappa shape index (κ2) is 29.9. The van der Waals surface area contributed by atoms with Crippen LogP contribution in [0.3, 0.4) is 0 Å². The number of hydrogen-bond acceptors (Lipinski definition) is 6. The first kappa shape index (κ1) is 62.2. The quantitative estimate of drug-likeness (QED) is 0.0682. The topological polar surface area (TPSA) is 127 Å². The van der Waals surface area contributed by atoms with Gasteiger partial charge in [0, 0.05) is 22.3 Å². The number of esters is 2. The minimum Gasteiger partial charge on any atom is -0.481 e. The van der Waals surface area contributed by atoms with Crippen molar-refractivity contribution in [3.63, 3.8) is 0 Å². The maximum Gasteiger partial charge on any atom is 0.316 e. The van der Waals surface area contributed by atoms with Crippen molar-refractivity contribution in [3.8, 4) is 44.5 Å². The van der Waals surface area contributed by atoms with Crippen LogP contribution in [0.2, 0.25) is 0 Å². The van der Waals surface area contributed by atoms with Crippen LogP contribution < -0.4 is 0 Å².